The molecule has 0 aliphatic rings. The average Bonchev–Trinajstić information content (AvgIpc) is 3.11. The lowest BCUT2D eigenvalue weighted by molar-refractivity contribution is 0.0940. The van der Waals surface area contributed by atoms with E-state index in [1.54, 1.807) is 30.3 Å². The van der Waals surface area contributed by atoms with Crippen LogP contribution in [0.2, 0.25) is 5.02 Å². The Labute approximate surface area is 156 Å². The van der Waals surface area contributed by atoms with Crippen LogP contribution in [-0.4, -0.2) is 10.9 Å². The van der Waals surface area contributed by atoms with E-state index >= 15 is 0 Å². The molecule has 3 aromatic rings. The summed E-state index contributed by atoms with van der Waals surface area (Å²) in [6.45, 7) is 0. The molecule has 0 aliphatic heterocycles. The van der Waals surface area contributed by atoms with Crippen LogP contribution in [0.5, 0.6) is 0 Å². The summed E-state index contributed by atoms with van der Waals surface area (Å²) >= 11 is 7.09. The summed E-state index contributed by atoms with van der Waals surface area (Å²) in [6, 6.07) is 10.3. The monoisotopic (exact) mass is 389 g/mol. The van der Waals surface area contributed by atoms with Crippen molar-refractivity contribution in [2.75, 3.05) is 0 Å². The fraction of sp³-hybridized carbons (Fsp3) is 0.0556. The lowest BCUT2D eigenvalue weighted by Crippen LogP contribution is -2.28. The zero-order valence-electron chi connectivity index (χ0n) is 13.0. The van der Waals surface area contributed by atoms with Crippen molar-refractivity contribution in [3.05, 3.63) is 75.8 Å². The molecule has 0 saturated heterocycles. The number of hydrogen-bond donors (Lipinski definition) is 1. The Morgan fingerprint density at radius 1 is 1.23 bits per heavy atom. The van der Waals surface area contributed by atoms with Gasteiger partial charge in [-0.15, -0.1) is 11.3 Å². The van der Waals surface area contributed by atoms with Crippen LogP contribution in [0, 0.1) is 23.0 Å². The van der Waals surface area contributed by atoms with Crippen molar-refractivity contribution in [2.45, 2.75) is 6.04 Å². The molecule has 1 N–H and O–H groups in total. The number of hydrogen-bond acceptors (Lipinski definition) is 4. The second-order valence-corrected chi connectivity index (χ2v) is 6.54. The van der Waals surface area contributed by atoms with Crippen LogP contribution in [0.15, 0.2) is 47.8 Å². The fourth-order valence-electron chi connectivity index (χ4n) is 2.22. The van der Waals surface area contributed by atoms with E-state index in [2.05, 4.69) is 10.3 Å². The lowest BCUT2D eigenvalue weighted by atomic mass is 10.1. The number of amides is 1. The standard InChI is InChI=1S/C18H10ClF2N3OS/c19-11-3-1-10(2-4-11)18-24-16(9-26-18)17(25)23-15(8-22)13-6-5-12(20)7-14(13)21/h1-7,9,15H,(H,23,25). The third-order valence-electron chi connectivity index (χ3n) is 3.51. The Hall–Kier alpha value is -2.82. The molecule has 26 heavy (non-hydrogen) atoms. The number of nitrogens with zero attached hydrogens (tertiary/aromatic N) is 2. The quantitative estimate of drug-likeness (QED) is 0.701. The van der Waals surface area contributed by atoms with Crippen LogP contribution in [-0.2, 0) is 0 Å². The molecule has 130 valence electrons. The second kappa shape index (κ2) is 7.60. The van der Waals surface area contributed by atoms with E-state index in [1.807, 2.05) is 0 Å². The molecule has 2 aromatic carbocycles. The largest absolute Gasteiger partial charge is 0.331 e. The van der Waals surface area contributed by atoms with Gasteiger partial charge in [0.2, 0.25) is 0 Å². The minimum Gasteiger partial charge on any atom is -0.331 e. The van der Waals surface area contributed by atoms with E-state index in [-0.39, 0.29) is 11.3 Å². The summed E-state index contributed by atoms with van der Waals surface area (Å²) in [5.74, 6) is -2.30. The minimum absolute atomic E-state index is 0.0997. The van der Waals surface area contributed by atoms with Gasteiger partial charge in [-0.2, -0.15) is 5.26 Å². The highest BCUT2D eigenvalue weighted by Crippen LogP contribution is 2.25. The maximum Gasteiger partial charge on any atom is 0.272 e. The first-order valence-corrected chi connectivity index (χ1v) is 8.60. The van der Waals surface area contributed by atoms with Crippen molar-refractivity contribution >= 4 is 28.8 Å². The van der Waals surface area contributed by atoms with Crippen molar-refractivity contribution < 1.29 is 13.6 Å². The number of aromatic nitrogens is 1. The maximum atomic E-state index is 13.8. The first-order valence-electron chi connectivity index (χ1n) is 7.35. The highest BCUT2D eigenvalue weighted by atomic mass is 35.5. The SMILES string of the molecule is N#CC(NC(=O)c1csc(-c2ccc(Cl)cc2)n1)c1ccc(F)cc1F. The van der Waals surface area contributed by atoms with E-state index in [0.29, 0.717) is 16.1 Å². The molecule has 3 rings (SSSR count). The molecule has 4 nitrogen and oxygen atoms in total. The van der Waals surface area contributed by atoms with Gasteiger partial charge in [-0.05, 0) is 18.2 Å². The Bertz CT molecular complexity index is 998. The third kappa shape index (κ3) is 3.87. The van der Waals surface area contributed by atoms with Crippen LogP contribution in [0.3, 0.4) is 0 Å². The molecule has 0 saturated carbocycles. The molecule has 0 bridgehead atoms. The maximum absolute atomic E-state index is 13.8. The number of thiazole rings is 1. The first kappa shape index (κ1) is 18.0. The highest BCUT2D eigenvalue weighted by Gasteiger charge is 2.20. The average molecular weight is 390 g/mol. The van der Waals surface area contributed by atoms with Gasteiger partial charge in [0.1, 0.15) is 28.4 Å². The summed E-state index contributed by atoms with van der Waals surface area (Å²) < 4.78 is 26.8. The molecule has 0 radical (unpaired) electrons. The molecule has 1 amide bonds. The van der Waals surface area contributed by atoms with Gasteiger partial charge in [0.05, 0.1) is 6.07 Å². The molecular formula is C18H10ClF2N3OS. The van der Waals surface area contributed by atoms with Gasteiger partial charge in [-0.25, -0.2) is 13.8 Å². The third-order valence-corrected chi connectivity index (χ3v) is 4.65. The molecule has 0 fully saturated rings. The van der Waals surface area contributed by atoms with Gasteiger partial charge in [-0.3, -0.25) is 4.79 Å². The number of nitriles is 1. The summed E-state index contributed by atoms with van der Waals surface area (Å²) in [6.07, 6.45) is 0. The number of nitrogens with one attached hydrogen (secondary N) is 1. The lowest BCUT2D eigenvalue weighted by Gasteiger charge is -2.11. The van der Waals surface area contributed by atoms with Crippen LogP contribution in [0.25, 0.3) is 10.6 Å². The summed E-state index contributed by atoms with van der Waals surface area (Å²) in [4.78, 5) is 16.6. The molecule has 1 atom stereocenters. The van der Waals surface area contributed by atoms with Crippen LogP contribution in [0.4, 0.5) is 8.78 Å². The van der Waals surface area contributed by atoms with Gasteiger partial charge in [0.25, 0.3) is 5.91 Å². The molecular weight excluding hydrogens is 380 g/mol. The van der Waals surface area contributed by atoms with Gasteiger partial charge < -0.3 is 5.32 Å². The predicted octanol–water partition coefficient (Wildman–Crippen LogP) is 4.74. The molecule has 1 heterocycles. The Morgan fingerprint density at radius 2 is 1.96 bits per heavy atom. The van der Waals surface area contributed by atoms with Crippen LogP contribution in [0.1, 0.15) is 22.1 Å². The minimum atomic E-state index is -1.26. The van der Waals surface area contributed by atoms with Crippen molar-refractivity contribution in [1.29, 1.82) is 5.26 Å². The molecule has 8 heteroatoms. The van der Waals surface area contributed by atoms with Crippen molar-refractivity contribution in [1.82, 2.24) is 10.3 Å². The number of benzene rings is 2. The number of carbonyl (C=O) groups is 1. The van der Waals surface area contributed by atoms with Crippen molar-refractivity contribution in [3.8, 4) is 16.6 Å². The number of rotatable bonds is 4. The smallest absolute Gasteiger partial charge is 0.272 e. The Balaban J connectivity index is 1.79. The van der Waals surface area contributed by atoms with E-state index in [0.717, 1.165) is 17.7 Å². The normalized spacial score (nSPS) is 11.6. The van der Waals surface area contributed by atoms with Gasteiger partial charge in [-0.1, -0.05) is 29.8 Å². The zero-order chi connectivity index (χ0) is 18.7. The molecule has 1 unspecified atom stereocenters. The van der Waals surface area contributed by atoms with Gasteiger partial charge in [0, 0.05) is 27.6 Å². The van der Waals surface area contributed by atoms with Crippen LogP contribution < -0.4 is 5.32 Å². The highest BCUT2D eigenvalue weighted by molar-refractivity contribution is 7.13. The molecule has 0 spiro atoms. The van der Waals surface area contributed by atoms with Gasteiger partial charge in [0.15, 0.2) is 0 Å². The number of halogens is 3. The summed E-state index contributed by atoms with van der Waals surface area (Å²) in [5.41, 5.74) is 0.776. The van der Waals surface area contributed by atoms with Crippen molar-refractivity contribution in [2.24, 2.45) is 0 Å². The Kier molecular flexibility index (Phi) is 5.26. The van der Waals surface area contributed by atoms with E-state index < -0.39 is 23.6 Å². The summed E-state index contributed by atoms with van der Waals surface area (Å²) in [7, 11) is 0. The van der Waals surface area contributed by atoms with E-state index in [9.17, 15) is 18.8 Å². The molecule has 0 aliphatic carbocycles. The predicted molar refractivity (Wildman–Crippen MR) is 94.7 cm³/mol. The van der Waals surface area contributed by atoms with E-state index in [1.165, 1.54) is 16.7 Å². The second-order valence-electron chi connectivity index (χ2n) is 5.25. The van der Waals surface area contributed by atoms with Crippen LogP contribution >= 0.6 is 22.9 Å². The molecule has 1 aromatic heterocycles. The topological polar surface area (TPSA) is 65.8 Å². The fourth-order valence-corrected chi connectivity index (χ4v) is 3.16. The van der Waals surface area contributed by atoms with Crippen molar-refractivity contribution in [3.63, 3.8) is 0 Å². The first-order chi connectivity index (χ1) is 12.5. The summed E-state index contributed by atoms with van der Waals surface area (Å²) in [5, 5.41) is 14.3. The van der Waals surface area contributed by atoms with Gasteiger partial charge >= 0.3 is 0 Å². The zero-order valence-corrected chi connectivity index (χ0v) is 14.6. The number of carbonyl (C=O) groups excluding carboxylic acids is 1. The van der Waals surface area contributed by atoms with E-state index in [4.69, 9.17) is 11.6 Å². The Morgan fingerprint density at radius 3 is 2.62 bits per heavy atom.